The van der Waals surface area contributed by atoms with Gasteiger partial charge >= 0.3 is 0 Å². The molecule has 1 fully saturated rings. The van der Waals surface area contributed by atoms with E-state index >= 15 is 0 Å². The first-order chi connectivity index (χ1) is 9.60. The fraction of sp³-hybridized carbons (Fsp3) is 0.500. The molecule has 0 radical (unpaired) electrons. The largest absolute Gasteiger partial charge is 0.497 e. The van der Waals surface area contributed by atoms with Crippen LogP contribution in [-0.2, 0) is 9.53 Å². The number of thioether (sulfide) groups is 1. The number of rotatable bonds is 5. The summed E-state index contributed by atoms with van der Waals surface area (Å²) < 4.78 is 10.5. The Hall–Kier alpha value is -1.40. The van der Waals surface area contributed by atoms with Crippen LogP contribution in [0.15, 0.2) is 18.2 Å². The highest BCUT2D eigenvalue weighted by molar-refractivity contribution is 8.00. The van der Waals surface area contributed by atoms with Crippen molar-refractivity contribution in [3.05, 3.63) is 18.2 Å². The van der Waals surface area contributed by atoms with E-state index in [1.165, 1.54) is 0 Å². The van der Waals surface area contributed by atoms with Gasteiger partial charge in [0.25, 0.3) is 0 Å². The number of benzene rings is 1. The molecule has 2 unspecified atom stereocenters. The minimum absolute atomic E-state index is 0.0500. The SMILES string of the molecule is COc1ccc(NC(=O)CSC2CCOC2C)c(N)c1. The molecule has 1 aromatic rings. The summed E-state index contributed by atoms with van der Waals surface area (Å²) in [5.41, 5.74) is 6.98. The molecule has 0 spiro atoms. The summed E-state index contributed by atoms with van der Waals surface area (Å²) in [5, 5.41) is 3.22. The number of anilines is 2. The molecule has 0 aliphatic carbocycles. The van der Waals surface area contributed by atoms with Crippen LogP contribution in [0.5, 0.6) is 5.75 Å². The van der Waals surface area contributed by atoms with Crippen LogP contribution < -0.4 is 15.8 Å². The number of hydrogen-bond acceptors (Lipinski definition) is 5. The average Bonchev–Trinajstić information content (AvgIpc) is 2.84. The van der Waals surface area contributed by atoms with Crippen LogP contribution in [0.25, 0.3) is 0 Å². The van der Waals surface area contributed by atoms with Gasteiger partial charge in [0.05, 0.1) is 30.3 Å². The second-order valence-electron chi connectivity index (χ2n) is 4.72. The monoisotopic (exact) mass is 296 g/mol. The summed E-state index contributed by atoms with van der Waals surface area (Å²) in [5.74, 6) is 1.03. The minimum atomic E-state index is -0.0500. The number of carbonyl (C=O) groups excluding carboxylic acids is 1. The first-order valence-electron chi connectivity index (χ1n) is 6.56. The van der Waals surface area contributed by atoms with Crippen LogP contribution in [-0.4, -0.2) is 36.7 Å². The first-order valence-corrected chi connectivity index (χ1v) is 7.61. The Morgan fingerprint density at radius 3 is 3.00 bits per heavy atom. The predicted octanol–water partition coefficient (Wildman–Crippen LogP) is 2.13. The fourth-order valence-electron chi connectivity index (χ4n) is 2.08. The van der Waals surface area contributed by atoms with Crippen molar-refractivity contribution in [2.45, 2.75) is 24.7 Å². The third-order valence-electron chi connectivity index (χ3n) is 3.27. The molecular weight excluding hydrogens is 276 g/mol. The fourth-order valence-corrected chi connectivity index (χ4v) is 3.13. The van der Waals surface area contributed by atoms with Gasteiger partial charge in [0, 0.05) is 17.9 Å². The molecule has 1 aromatic carbocycles. The standard InChI is InChI=1S/C14H20N2O3S/c1-9-13(5-6-19-9)20-8-14(17)16-12-4-3-10(18-2)7-11(12)15/h3-4,7,9,13H,5-6,8,15H2,1-2H3,(H,16,17). The molecule has 0 aromatic heterocycles. The highest BCUT2D eigenvalue weighted by Gasteiger charge is 2.25. The van der Waals surface area contributed by atoms with E-state index in [1.807, 2.05) is 6.92 Å². The van der Waals surface area contributed by atoms with Gasteiger partial charge in [-0.15, -0.1) is 11.8 Å². The molecule has 1 saturated heterocycles. The zero-order valence-electron chi connectivity index (χ0n) is 11.7. The maximum atomic E-state index is 11.9. The van der Waals surface area contributed by atoms with Crippen molar-refractivity contribution in [2.75, 3.05) is 30.5 Å². The van der Waals surface area contributed by atoms with Crippen molar-refractivity contribution < 1.29 is 14.3 Å². The highest BCUT2D eigenvalue weighted by atomic mass is 32.2. The third-order valence-corrected chi connectivity index (χ3v) is 4.74. The summed E-state index contributed by atoms with van der Waals surface area (Å²) in [4.78, 5) is 11.9. The summed E-state index contributed by atoms with van der Waals surface area (Å²) >= 11 is 1.63. The molecule has 2 atom stereocenters. The Labute approximate surface area is 123 Å². The van der Waals surface area contributed by atoms with E-state index in [9.17, 15) is 4.79 Å². The molecule has 1 amide bonds. The Bertz CT molecular complexity index is 481. The molecule has 0 bridgehead atoms. The summed E-state index contributed by atoms with van der Waals surface area (Å²) in [6, 6.07) is 5.21. The maximum absolute atomic E-state index is 11.9. The zero-order chi connectivity index (χ0) is 14.5. The molecule has 1 aliphatic heterocycles. The Morgan fingerprint density at radius 2 is 2.40 bits per heavy atom. The van der Waals surface area contributed by atoms with Crippen LogP contribution in [0.1, 0.15) is 13.3 Å². The summed E-state index contributed by atoms with van der Waals surface area (Å²) in [6.07, 6.45) is 1.22. The van der Waals surface area contributed by atoms with Gasteiger partial charge in [0.1, 0.15) is 5.75 Å². The number of amides is 1. The van der Waals surface area contributed by atoms with Crippen LogP contribution in [0.2, 0.25) is 0 Å². The smallest absolute Gasteiger partial charge is 0.234 e. The van der Waals surface area contributed by atoms with E-state index in [4.69, 9.17) is 15.2 Å². The second kappa shape index (κ2) is 6.85. The lowest BCUT2D eigenvalue weighted by Crippen LogP contribution is -2.20. The van der Waals surface area contributed by atoms with E-state index in [0.717, 1.165) is 13.0 Å². The van der Waals surface area contributed by atoms with Crippen LogP contribution in [0.4, 0.5) is 11.4 Å². The zero-order valence-corrected chi connectivity index (χ0v) is 12.5. The van der Waals surface area contributed by atoms with Crippen LogP contribution >= 0.6 is 11.8 Å². The van der Waals surface area contributed by atoms with E-state index in [1.54, 1.807) is 37.1 Å². The van der Waals surface area contributed by atoms with Crippen LogP contribution in [0, 0.1) is 0 Å². The van der Waals surface area contributed by atoms with Gasteiger partial charge in [0.2, 0.25) is 5.91 Å². The Balaban J connectivity index is 1.85. The molecule has 3 N–H and O–H groups in total. The predicted molar refractivity (Wildman–Crippen MR) is 82.3 cm³/mol. The van der Waals surface area contributed by atoms with Gasteiger partial charge in [-0.2, -0.15) is 0 Å². The molecule has 20 heavy (non-hydrogen) atoms. The number of nitrogens with two attached hydrogens (primary N) is 1. The molecule has 5 nitrogen and oxygen atoms in total. The minimum Gasteiger partial charge on any atom is -0.497 e. The van der Waals surface area contributed by atoms with Gasteiger partial charge in [-0.05, 0) is 25.5 Å². The number of nitrogens with one attached hydrogen (secondary N) is 1. The van der Waals surface area contributed by atoms with Gasteiger partial charge in [0.15, 0.2) is 0 Å². The summed E-state index contributed by atoms with van der Waals surface area (Å²) in [6.45, 7) is 2.83. The highest BCUT2D eigenvalue weighted by Crippen LogP contribution is 2.27. The second-order valence-corrected chi connectivity index (χ2v) is 5.94. The van der Waals surface area contributed by atoms with E-state index in [-0.39, 0.29) is 12.0 Å². The van der Waals surface area contributed by atoms with Crippen molar-refractivity contribution in [1.82, 2.24) is 0 Å². The molecule has 6 heteroatoms. The number of ether oxygens (including phenoxy) is 2. The third kappa shape index (κ3) is 3.80. The van der Waals surface area contributed by atoms with Crippen molar-refractivity contribution >= 4 is 29.0 Å². The molecule has 110 valence electrons. The lowest BCUT2D eigenvalue weighted by Gasteiger charge is -2.14. The molecular formula is C14H20N2O3S. The van der Waals surface area contributed by atoms with Crippen molar-refractivity contribution in [3.63, 3.8) is 0 Å². The quantitative estimate of drug-likeness (QED) is 0.814. The van der Waals surface area contributed by atoms with Crippen LogP contribution in [0.3, 0.4) is 0 Å². The Kier molecular flexibility index (Phi) is 5.14. The van der Waals surface area contributed by atoms with E-state index < -0.39 is 0 Å². The van der Waals surface area contributed by atoms with Crippen molar-refractivity contribution in [1.29, 1.82) is 0 Å². The van der Waals surface area contributed by atoms with Gasteiger partial charge in [-0.25, -0.2) is 0 Å². The molecule has 1 aliphatic rings. The van der Waals surface area contributed by atoms with Crippen molar-refractivity contribution in [3.8, 4) is 5.75 Å². The van der Waals surface area contributed by atoms with E-state index in [2.05, 4.69) is 5.32 Å². The topological polar surface area (TPSA) is 73.6 Å². The summed E-state index contributed by atoms with van der Waals surface area (Å²) in [7, 11) is 1.58. The lowest BCUT2D eigenvalue weighted by molar-refractivity contribution is -0.113. The Morgan fingerprint density at radius 1 is 1.60 bits per heavy atom. The molecule has 1 heterocycles. The molecule has 0 saturated carbocycles. The molecule has 2 rings (SSSR count). The average molecular weight is 296 g/mol. The van der Waals surface area contributed by atoms with Gasteiger partial charge in [-0.3, -0.25) is 4.79 Å². The number of nitrogen functional groups attached to an aromatic ring is 1. The normalized spacial score (nSPS) is 21.7. The first kappa shape index (κ1) is 15.0. The number of carbonyl (C=O) groups is 1. The number of hydrogen-bond donors (Lipinski definition) is 2. The van der Waals surface area contributed by atoms with E-state index in [0.29, 0.717) is 28.1 Å². The van der Waals surface area contributed by atoms with Gasteiger partial charge in [-0.1, -0.05) is 0 Å². The van der Waals surface area contributed by atoms with Crippen molar-refractivity contribution in [2.24, 2.45) is 0 Å². The van der Waals surface area contributed by atoms with Gasteiger partial charge < -0.3 is 20.5 Å². The maximum Gasteiger partial charge on any atom is 0.234 e. The number of methoxy groups -OCH3 is 1. The lowest BCUT2D eigenvalue weighted by atomic mass is 10.2.